The second kappa shape index (κ2) is 9.02. The fourth-order valence-corrected chi connectivity index (χ4v) is 5.07. The highest BCUT2D eigenvalue weighted by Crippen LogP contribution is 2.39. The van der Waals surface area contributed by atoms with Crippen LogP contribution in [0, 0.1) is 5.82 Å². The molecule has 6 nitrogen and oxygen atoms in total. The Morgan fingerprint density at radius 2 is 2.03 bits per heavy atom. The molecule has 9 heteroatoms. The lowest BCUT2D eigenvalue weighted by molar-refractivity contribution is -0.0446. The number of allylic oxidation sites excluding steroid dienone is 1. The van der Waals surface area contributed by atoms with Gasteiger partial charge in [0, 0.05) is 26.4 Å². The number of rotatable bonds is 5. The van der Waals surface area contributed by atoms with E-state index in [0.717, 1.165) is 36.0 Å². The molecule has 0 spiro atoms. The first-order valence-corrected chi connectivity index (χ1v) is 11.7. The number of H-pyrrole nitrogens is 1. The number of nitrogens with one attached hydrogen (secondary N) is 1. The van der Waals surface area contributed by atoms with E-state index in [9.17, 15) is 18.0 Å². The predicted octanol–water partition coefficient (Wildman–Crippen LogP) is 5.18. The molecule has 0 radical (unpaired) electrons. The van der Waals surface area contributed by atoms with Crippen molar-refractivity contribution in [1.29, 1.82) is 0 Å². The van der Waals surface area contributed by atoms with Crippen molar-refractivity contribution in [2.45, 2.75) is 69.4 Å². The van der Waals surface area contributed by atoms with Crippen LogP contribution in [-0.4, -0.2) is 38.9 Å². The molecule has 0 amide bonds. The highest BCUT2D eigenvalue weighted by Gasteiger charge is 2.36. The number of halogens is 3. The summed E-state index contributed by atoms with van der Waals surface area (Å²) in [6.45, 7) is 0. The lowest BCUT2D eigenvalue weighted by Crippen LogP contribution is -2.27. The van der Waals surface area contributed by atoms with Crippen LogP contribution in [0.4, 0.5) is 13.2 Å². The van der Waals surface area contributed by atoms with Gasteiger partial charge in [-0.25, -0.2) is 22.8 Å². The third kappa shape index (κ3) is 4.53. The van der Waals surface area contributed by atoms with Crippen molar-refractivity contribution >= 4 is 16.6 Å². The fraction of sp³-hybridized carbons (Fsp3) is 0.480. The van der Waals surface area contributed by atoms with Gasteiger partial charge >= 0.3 is 0 Å². The minimum Gasteiger partial charge on any atom is -0.381 e. The van der Waals surface area contributed by atoms with E-state index in [1.54, 1.807) is 17.9 Å². The molecule has 2 aliphatic carbocycles. The van der Waals surface area contributed by atoms with E-state index < -0.39 is 5.92 Å². The largest absolute Gasteiger partial charge is 0.381 e. The third-order valence-corrected chi connectivity index (χ3v) is 7.01. The molecule has 0 bridgehead atoms. The third-order valence-electron chi connectivity index (χ3n) is 7.01. The zero-order valence-corrected chi connectivity index (χ0v) is 19.0. The lowest BCUT2D eigenvalue weighted by Gasteiger charge is -2.28. The molecule has 1 unspecified atom stereocenters. The van der Waals surface area contributed by atoms with Crippen molar-refractivity contribution in [3.8, 4) is 0 Å². The summed E-state index contributed by atoms with van der Waals surface area (Å²) < 4.78 is 48.5. The van der Waals surface area contributed by atoms with Crippen molar-refractivity contribution in [2.75, 3.05) is 7.11 Å². The molecule has 2 aliphatic rings. The fourth-order valence-electron chi connectivity index (χ4n) is 5.07. The predicted molar refractivity (Wildman–Crippen MR) is 122 cm³/mol. The van der Waals surface area contributed by atoms with Gasteiger partial charge in [-0.15, -0.1) is 0 Å². The van der Waals surface area contributed by atoms with Gasteiger partial charge < -0.3 is 9.72 Å². The van der Waals surface area contributed by atoms with Gasteiger partial charge in [0.15, 0.2) is 5.65 Å². The number of alkyl halides is 2. The second-order valence-corrected chi connectivity index (χ2v) is 9.27. The summed E-state index contributed by atoms with van der Waals surface area (Å²) in [7, 11) is 1.70. The van der Waals surface area contributed by atoms with Gasteiger partial charge in [-0.05, 0) is 60.9 Å². The summed E-state index contributed by atoms with van der Waals surface area (Å²) in [6, 6.07) is 4.45. The van der Waals surface area contributed by atoms with E-state index in [1.165, 1.54) is 18.3 Å². The molecule has 1 fully saturated rings. The Kier molecular flexibility index (Phi) is 6.06. The number of aromatic nitrogens is 4. The molecule has 1 saturated carbocycles. The molecule has 3 aromatic rings. The molecule has 5 rings (SSSR count). The number of ether oxygens (including phenoxy) is 1. The Morgan fingerprint density at radius 1 is 1.24 bits per heavy atom. The van der Waals surface area contributed by atoms with Crippen molar-refractivity contribution < 1.29 is 17.9 Å². The van der Waals surface area contributed by atoms with Gasteiger partial charge in [-0.3, -0.25) is 4.79 Å². The van der Waals surface area contributed by atoms with E-state index in [0.29, 0.717) is 16.9 Å². The van der Waals surface area contributed by atoms with Crippen LogP contribution >= 0.6 is 0 Å². The Morgan fingerprint density at radius 3 is 2.74 bits per heavy atom. The lowest BCUT2D eigenvalue weighted by atomic mass is 9.88. The highest BCUT2D eigenvalue weighted by molar-refractivity contribution is 5.73. The molecule has 0 saturated heterocycles. The van der Waals surface area contributed by atoms with Crippen molar-refractivity contribution in [3.63, 3.8) is 0 Å². The monoisotopic (exact) mass is 472 g/mol. The first kappa shape index (κ1) is 22.8. The molecule has 1 N–H and O–H groups in total. The maximum absolute atomic E-state index is 14.2. The maximum atomic E-state index is 14.2. The van der Waals surface area contributed by atoms with Gasteiger partial charge in [0.2, 0.25) is 5.92 Å². The number of aromatic amines is 1. The molecule has 2 heterocycles. The minimum absolute atomic E-state index is 0.188. The zero-order chi connectivity index (χ0) is 23.9. The summed E-state index contributed by atoms with van der Waals surface area (Å²) in [5, 5.41) is 4.62. The van der Waals surface area contributed by atoms with Gasteiger partial charge in [0.05, 0.1) is 18.3 Å². The van der Waals surface area contributed by atoms with E-state index in [4.69, 9.17) is 4.74 Å². The van der Waals surface area contributed by atoms with Gasteiger partial charge in [-0.2, -0.15) is 5.10 Å². The highest BCUT2D eigenvalue weighted by atomic mass is 19.3. The first-order chi connectivity index (χ1) is 16.3. The topological polar surface area (TPSA) is 72.8 Å². The number of hydrogen-bond acceptors (Lipinski definition) is 4. The van der Waals surface area contributed by atoms with Crippen molar-refractivity contribution in [1.82, 2.24) is 19.7 Å². The molecule has 2 aromatic heterocycles. The molecule has 180 valence electrons. The summed E-state index contributed by atoms with van der Waals surface area (Å²) in [5.74, 6) is -2.62. The van der Waals surface area contributed by atoms with E-state index in [2.05, 4.69) is 21.1 Å². The average molecular weight is 473 g/mol. The molecule has 1 aromatic carbocycles. The standard InChI is InChI=1S/C25H27F3N4O2/c1-34-19-5-2-15(3-6-19)20-7-4-17(26)12-16(20)13-22-30-23-21(24(33)31-22)14-29-32(23)18-8-10-25(27,28)11-9-18/h2,4,7,12,14,18-19H,3,5-6,8-11,13H2,1H3,(H,30,31,33). The first-order valence-electron chi connectivity index (χ1n) is 11.7. The number of benzene rings is 1. The van der Waals surface area contributed by atoms with Crippen molar-refractivity contribution in [3.05, 3.63) is 63.6 Å². The number of nitrogens with zero attached hydrogens (tertiary/aromatic N) is 3. The smallest absolute Gasteiger partial charge is 0.262 e. The Bertz CT molecular complexity index is 1290. The van der Waals surface area contributed by atoms with Crippen LogP contribution < -0.4 is 5.56 Å². The van der Waals surface area contributed by atoms with Crippen LogP contribution in [0.25, 0.3) is 16.6 Å². The summed E-state index contributed by atoms with van der Waals surface area (Å²) >= 11 is 0. The summed E-state index contributed by atoms with van der Waals surface area (Å²) in [5.41, 5.74) is 2.83. The van der Waals surface area contributed by atoms with Crippen molar-refractivity contribution in [2.24, 2.45) is 0 Å². The Balaban J connectivity index is 1.48. The molecular formula is C25H27F3N4O2. The quantitative estimate of drug-likeness (QED) is 0.555. The van der Waals surface area contributed by atoms with Crippen LogP contribution in [0.1, 0.15) is 67.9 Å². The van der Waals surface area contributed by atoms with Gasteiger partial charge in [0.25, 0.3) is 5.56 Å². The molecule has 0 aliphatic heterocycles. The summed E-state index contributed by atoms with van der Waals surface area (Å²) in [4.78, 5) is 20.2. The minimum atomic E-state index is -2.65. The zero-order valence-electron chi connectivity index (χ0n) is 19.0. The number of fused-ring (bicyclic) bond motifs is 1. The van der Waals surface area contributed by atoms with Gasteiger partial charge in [0.1, 0.15) is 17.0 Å². The molecule has 34 heavy (non-hydrogen) atoms. The van der Waals surface area contributed by atoms with Crippen LogP contribution in [-0.2, 0) is 11.2 Å². The maximum Gasteiger partial charge on any atom is 0.262 e. The van der Waals surface area contributed by atoms with Crippen LogP contribution in [0.3, 0.4) is 0 Å². The number of methoxy groups -OCH3 is 1. The normalized spacial score (nSPS) is 21.1. The Hall–Kier alpha value is -2.94. The Labute approximate surface area is 194 Å². The SMILES string of the molecule is COC1CC=C(c2ccc(F)cc2Cc2nc3c(cnn3C3CCC(F)(F)CC3)c(=O)[nH]2)CC1. The number of hydrogen-bond donors (Lipinski definition) is 1. The van der Waals surface area contributed by atoms with Crippen LogP contribution in [0.2, 0.25) is 0 Å². The van der Waals surface area contributed by atoms with Crippen LogP contribution in [0.5, 0.6) is 0 Å². The van der Waals surface area contributed by atoms with Gasteiger partial charge in [-0.1, -0.05) is 12.1 Å². The molecule has 1 atom stereocenters. The summed E-state index contributed by atoms with van der Waals surface area (Å²) in [6.07, 6.45) is 6.62. The van der Waals surface area contributed by atoms with Crippen LogP contribution in [0.15, 0.2) is 35.3 Å². The van der Waals surface area contributed by atoms with E-state index in [1.807, 2.05) is 0 Å². The van der Waals surface area contributed by atoms with E-state index in [-0.39, 0.29) is 55.6 Å². The molecular weight excluding hydrogens is 445 g/mol. The average Bonchev–Trinajstić information content (AvgIpc) is 3.24. The second-order valence-electron chi connectivity index (χ2n) is 9.27. The van der Waals surface area contributed by atoms with E-state index >= 15 is 0 Å².